The molecular formula is C19H18ClN3O3. The lowest BCUT2D eigenvalue weighted by molar-refractivity contribution is -0.116. The molecule has 3 aromatic rings. The van der Waals surface area contributed by atoms with Crippen LogP contribution in [0.3, 0.4) is 0 Å². The predicted molar refractivity (Wildman–Crippen MR) is 101 cm³/mol. The van der Waals surface area contributed by atoms with Gasteiger partial charge in [0.15, 0.2) is 0 Å². The number of amides is 1. The number of halogens is 1. The third-order valence-electron chi connectivity index (χ3n) is 3.69. The molecular weight excluding hydrogens is 354 g/mol. The Labute approximate surface area is 155 Å². The van der Waals surface area contributed by atoms with Crippen LogP contribution in [0, 0.1) is 0 Å². The largest absolute Gasteiger partial charge is 0.485 e. The average Bonchev–Trinajstić information content (AvgIpc) is 2.62. The van der Waals surface area contributed by atoms with Crippen LogP contribution in [0.25, 0.3) is 5.65 Å². The van der Waals surface area contributed by atoms with Gasteiger partial charge in [0.2, 0.25) is 5.91 Å². The van der Waals surface area contributed by atoms with E-state index in [-0.39, 0.29) is 18.1 Å². The minimum atomic E-state index is -0.236. The minimum absolute atomic E-state index is 0.0671. The maximum atomic E-state index is 12.2. The fourth-order valence-electron chi connectivity index (χ4n) is 2.49. The first kappa shape index (κ1) is 17.9. The van der Waals surface area contributed by atoms with Crippen LogP contribution < -0.4 is 15.6 Å². The molecule has 0 spiro atoms. The molecule has 0 fully saturated rings. The third kappa shape index (κ3) is 4.21. The number of nitrogens with zero attached hydrogens (tertiary/aromatic N) is 2. The van der Waals surface area contributed by atoms with E-state index in [1.807, 2.05) is 19.1 Å². The van der Waals surface area contributed by atoms with Gasteiger partial charge in [-0.25, -0.2) is 4.98 Å². The number of pyridine rings is 1. The summed E-state index contributed by atoms with van der Waals surface area (Å²) in [7, 11) is 0. The maximum absolute atomic E-state index is 12.2. The van der Waals surface area contributed by atoms with Gasteiger partial charge in [0, 0.05) is 18.7 Å². The summed E-state index contributed by atoms with van der Waals surface area (Å²) in [6.07, 6.45) is 2.74. The molecule has 0 aliphatic carbocycles. The van der Waals surface area contributed by atoms with E-state index in [9.17, 15) is 9.59 Å². The fraction of sp³-hybridized carbons (Fsp3) is 0.211. The van der Waals surface area contributed by atoms with E-state index in [1.165, 1.54) is 16.7 Å². The molecule has 0 saturated heterocycles. The van der Waals surface area contributed by atoms with Crippen molar-refractivity contribution in [1.82, 2.24) is 9.38 Å². The predicted octanol–water partition coefficient (Wildman–Crippen LogP) is 3.67. The summed E-state index contributed by atoms with van der Waals surface area (Å²) in [5.74, 6) is 0.456. The standard InChI is InChI=1S/C19H18ClN3O3/c1-2-5-18(24)22-15-6-3-4-7-16(15)26-12-14-10-19(25)23-11-13(20)8-9-17(23)21-14/h3-4,6-11H,2,5,12H2,1H3,(H,22,24). The first-order valence-corrected chi connectivity index (χ1v) is 8.64. The number of carbonyl (C=O) groups is 1. The second kappa shape index (κ2) is 8.01. The average molecular weight is 372 g/mol. The molecule has 0 atom stereocenters. The number of ether oxygens (including phenoxy) is 1. The molecule has 0 unspecified atom stereocenters. The Balaban J connectivity index is 1.79. The summed E-state index contributed by atoms with van der Waals surface area (Å²) in [6.45, 7) is 2.05. The molecule has 134 valence electrons. The zero-order valence-electron chi connectivity index (χ0n) is 14.2. The fourth-order valence-corrected chi connectivity index (χ4v) is 2.65. The number of anilines is 1. The van der Waals surface area contributed by atoms with E-state index in [4.69, 9.17) is 16.3 Å². The van der Waals surface area contributed by atoms with Crippen molar-refractivity contribution >= 4 is 28.8 Å². The molecule has 6 nitrogen and oxygen atoms in total. The number of fused-ring (bicyclic) bond motifs is 1. The van der Waals surface area contributed by atoms with E-state index < -0.39 is 0 Å². The van der Waals surface area contributed by atoms with E-state index in [0.29, 0.717) is 34.2 Å². The maximum Gasteiger partial charge on any atom is 0.258 e. The van der Waals surface area contributed by atoms with Gasteiger partial charge >= 0.3 is 0 Å². The number of hydrogen-bond donors (Lipinski definition) is 1. The molecule has 7 heteroatoms. The third-order valence-corrected chi connectivity index (χ3v) is 3.91. The second-order valence-corrected chi connectivity index (χ2v) is 6.18. The quantitative estimate of drug-likeness (QED) is 0.717. The van der Waals surface area contributed by atoms with Crippen LogP contribution >= 0.6 is 11.6 Å². The lowest BCUT2D eigenvalue weighted by Crippen LogP contribution is -2.16. The van der Waals surface area contributed by atoms with E-state index >= 15 is 0 Å². The van der Waals surface area contributed by atoms with E-state index in [1.54, 1.807) is 24.3 Å². The molecule has 1 N–H and O–H groups in total. The summed E-state index contributed by atoms with van der Waals surface area (Å²) >= 11 is 5.91. The van der Waals surface area contributed by atoms with Gasteiger partial charge < -0.3 is 10.1 Å². The normalized spacial score (nSPS) is 10.7. The first-order chi connectivity index (χ1) is 12.6. The van der Waals surface area contributed by atoms with Gasteiger partial charge in [-0.15, -0.1) is 0 Å². The highest BCUT2D eigenvalue weighted by molar-refractivity contribution is 6.30. The van der Waals surface area contributed by atoms with Crippen molar-refractivity contribution in [3.8, 4) is 5.75 Å². The Morgan fingerprint density at radius 2 is 2.08 bits per heavy atom. The lowest BCUT2D eigenvalue weighted by atomic mass is 10.2. The summed E-state index contributed by atoms with van der Waals surface area (Å²) in [5, 5.41) is 3.29. The van der Waals surface area contributed by atoms with Gasteiger partial charge in [-0.2, -0.15) is 0 Å². The molecule has 2 aromatic heterocycles. The SMILES string of the molecule is CCCC(=O)Nc1ccccc1OCc1cc(=O)n2cc(Cl)ccc2n1. The van der Waals surface area contributed by atoms with Gasteiger partial charge in [0.25, 0.3) is 5.56 Å². The molecule has 0 aliphatic heterocycles. The van der Waals surface area contributed by atoms with Gasteiger partial charge in [-0.3, -0.25) is 14.0 Å². The van der Waals surface area contributed by atoms with Crippen LogP contribution in [0.5, 0.6) is 5.75 Å². The number of nitrogens with one attached hydrogen (secondary N) is 1. The van der Waals surface area contributed by atoms with Gasteiger partial charge in [-0.05, 0) is 30.7 Å². The van der Waals surface area contributed by atoms with Crippen LogP contribution in [0.2, 0.25) is 5.02 Å². The molecule has 1 aromatic carbocycles. The molecule has 3 rings (SSSR count). The smallest absolute Gasteiger partial charge is 0.258 e. The first-order valence-electron chi connectivity index (χ1n) is 8.26. The van der Waals surface area contributed by atoms with Crippen molar-refractivity contribution in [3.05, 3.63) is 69.7 Å². The molecule has 0 saturated carbocycles. The molecule has 0 radical (unpaired) electrons. The molecule has 1 amide bonds. The Bertz CT molecular complexity index is 1000. The van der Waals surface area contributed by atoms with E-state index in [2.05, 4.69) is 10.3 Å². The summed E-state index contributed by atoms with van der Waals surface area (Å²) in [5.41, 5.74) is 1.34. The highest BCUT2D eigenvalue weighted by atomic mass is 35.5. The van der Waals surface area contributed by atoms with Crippen LogP contribution in [0.1, 0.15) is 25.5 Å². The Kier molecular flexibility index (Phi) is 5.53. The van der Waals surface area contributed by atoms with Crippen LogP contribution in [0.4, 0.5) is 5.69 Å². The number of para-hydroxylation sites is 2. The highest BCUT2D eigenvalue weighted by Crippen LogP contribution is 2.24. The zero-order chi connectivity index (χ0) is 18.5. The van der Waals surface area contributed by atoms with Crippen molar-refractivity contribution in [1.29, 1.82) is 0 Å². The van der Waals surface area contributed by atoms with Crippen LogP contribution in [0.15, 0.2) is 53.5 Å². The van der Waals surface area contributed by atoms with Crippen molar-refractivity contribution in [3.63, 3.8) is 0 Å². The topological polar surface area (TPSA) is 72.7 Å². The highest BCUT2D eigenvalue weighted by Gasteiger charge is 2.09. The number of benzene rings is 1. The number of aromatic nitrogens is 2. The van der Waals surface area contributed by atoms with Gasteiger partial charge in [0.05, 0.1) is 16.4 Å². The Morgan fingerprint density at radius 1 is 1.27 bits per heavy atom. The van der Waals surface area contributed by atoms with Crippen molar-refractivity contribution in [2.45, 2.75) is 26.4 Å². The molecule has 2 heterocycles. The number of carbonyl (C=O) groups excluding carboxylic acids is 1. The van der Waals surface area contributed by atoms with Crippen LogP contribution in [-0.2, 0) is 11.4 Å². The second-order valence-electron chi connectivity index (χ2n) is 5.74. The summed E-state index contributed by atoms with van der Waals surface area (Å²) < 4.78 is 7.16. The van der Waals surface area contributed by atoms with Crippen molar-refractivity contribution in [2.24, 2.45) is 0 Å². The Hall–Kier alpha value is -2.86. The Morgan fingerprint density at radius 3 is 2.88 bits per heavy atom. The van der Waals surface area contributed by atoms with Crippen molar-refractivity contribution < 1.29 is 9.53 Å². The van der Waals surface area contributed by atoms with Gasteiger partial charge in [0.1, 0.15) is 18.0 Å². The van der Waals surface area contributed by atoms with E-state index in [0.717, 1.165) is 6.42 Å². The summed E-state index contributed by atoms with van der Waals surface area (Å²) in [4.78, 5) is 28.4. The lowest BCUT2D eigenvalue weighted by Gasteiger charge is -2.12. The summed E-state index contributed by atoms with van der Waals surface area (Å²) in [6, 6.07) is 11.9. The monoisotopic (exact) mass is 371 g/mol. The molecule has 0 bridgehead atoms. The van der Waals surface area contributed by atoms with Crippen LogP contribution in [-0.4, -0.2) is 15.3 Å². The zero-order valence-corrected chi connectivity index (χ0v) is 15.0. The number of rotatable bonds is 6. The van der Waals surface area contributed by atoms with Gasteiger partial charge in [-0.1, -0.05) is 30.7 Å². The molecule has 26 heavy (non-hydrogen) atoms. The molecule has 0 aliphatic rings. The minimum Gasteiger partial charge on any atom is -0.485 e. The van der Waals surface area contributed by atoms with Crippen molar-refractivity contribution in [2.75, 3.05) is 5.32 Å². The number of hydrogen-bond acceptors (Lipinski definition) is 4.